The lowest BCUT2D eigenvalue weighted by atomic mass is 9.86. The Morgan fingerprint density at radius 3 is 2.44 bits per heavy atom. The van der Waals surface area contributed by atoms with Crippen molar-refractivity contribution < 1.29 is 14.7 Å². The summed E-state index contributed by atoms with van der Waals surface area (Å²) < 4.78 is 0. The number of hydrogen-bond acceptors (Lipinski definition) is 3. The van der Waals surface area contributed by atoms with E-state index in [4.69, 9.17) is 10.8 Å². The van der Waals surface area contributed by atoms with Gasteiger partial charge >= 0.3 is 5.97 Å². The summed E-state index contributed by atoms with van der Waals surface area (Å²) in [6.45, 7) is 5.66. The Balaban J connectivity index is 2.21. The average molecular weight is 256 g/mol. The van der Waals surface area contributed by atoms with Gasteiger partial charge in [-0.15, -0.1) is 0 Å². The smallest absolute Gasteiger partial charge is 0.306 e. The van der Waals surface area contributed by atoms with E-state index in [1.54, 1.807) is 11.8 Å². The summed E-state index contributed by atoms with van der Waals surface area (Å²) in [5.41, 5.74) is 5.46. The standard InChI is InChI=1S/C13H24N2O3/c1-9(5-6-14)3-4-12(16)15-7-11(8-15)10(2)13(17)18/h9-11H,3-8,14H2,1-2H3,(H,17,18). The highest BCUT2D eigenvalue weighted by Crippen LogP contribution is 2.25. The van der Waals surface area contributed by atoms with Crippen molar-refractivity contribution >= 4 is 11.9 Å². The van der Waals surface area contributed by atoms with Crippen LogP contribution in [0.15, 0.2) is 0 Å². The number of hydrogen-bond donors (Lipinski definition) is 2. The molecule has 3 N–H and O–H groups in total. The Labute approximate surface area is 108 Å². The SMILES string of the molecule is CC(CCN)CCC(=O)N1CC(C(C)C(=O)O)C1. The maximum absolute atomic E-state index is 11.8. The first kappa shape index (κ1) is 15.0. The zero-order chi connectivity index (χ0) is 13.7. The predicted octanol–water partition coefficient (Wildman–Crippen LogP) is 0.931. The van der Waals surface area contributed by atoms with Gasteiger partial charge in [0.1, 0.15) is 0 Å². The molecule has 0 radical (unpaired) electrons. The molecule has 0 aromatic carbocycles. The van der Waals surface area contributed by atoms with Crippen LogP contribution in [0.1, 0.15) is 33.1 Å². The molecular formula is C13H24N2O3. The molecule has 0 bridgehead atoms. The first-order chi connectivity index (χ1) is 8.45. The molecule has 1 aliphatic heterocycles. The molecule has 104 valence electrons. The molecule has 1 heterocycles. The highest BCUT2D eigenvalue weighted by Gasteiger charge is 2.36. The second kappa shape index (κ2) is 6.73. The summed E-state index contributed by atoms with van der Waals surface area (Å²) in [5, 5.41) is 8.86. The van der Waals surface area contributed by atoms with E-state index >= 15 is 0 Å². The molecule has 1 saturated heterocycles. The second-order valence-corrected chi connectivity index (χ2v) is 5.41. The summed E-state index contributed by atoms with van der Waals surface area (Å²) in [6.07, 6.45) is 2.37. The van der Waals surface area contributed by atoms with Crippen LogP contribution in [0.25, 0.3) is 0 Å². The van der Waals surface area contributed by atoms with Gasteiger partial charge in [0, 0.05) is 25.4 Å². The van der Waals surface area contributed by atoms with Crippen molar-refractivity contribution in [3.63, 3.8) is 0 Å². The van der Waals surface area contributed by atoms with Crippen molar-refractivity contribution in [2.75, 3.05) is 19.6 Å². The molecule has 18 heavy (non-hydrogen) atoms. The van der Waals surface area contributed by atoms with E-state index in [0.717, 1.165) is 12.8 Å². The second-order valence-electron chi connectivity index (χ2n) is 5.41. The van der Waals surface area contributed by atoms with Crippen LogP contribution < -0.4 is 5.73 Å². The van der Waals surface area contributed by atoms with Gasteiger partial charge < -0.3 is 15.7 Å². The zero-order valence-electron chi connectivity index (χ0n) is 11.3. The molecule has 0 aromatic rings. The Morgan fingerprint density at radius 1 is 1.33 bits per heavy atom. The molecule has 1 aliphatic rings. The Bertz CT molecular complexity index is 301. The number of carboxylic acids is 1. The van der Waals surface area contributed by atoms with Gasteiger partial charge in [0.15, 0.2) is 0 Å². The van der Waals surface area contributed by atoms with Crippen molar-refractivity contribution in [1.82, 2.24) is 4.90 Å². The molecule has 1 fully saturated rings. The highest BCUT2D eigenvalue weighted by molar-refractivity contribution is 5.77. The molecule has 5 heteroatoms. The lowest BCUT2D eigenvalue weighted by molar-refractivity contribution is -0.150. The molecule has 1 amide bonds. The number of carboxylic acid groups (broad SMARTS) is 1. The zero-order valence-corrected chi connectivity index (χ0v) is 11.3. The summed E-state index contributed by atoms with van der Waals surface area (Å²) >= 11 is 0. The summed E-state index contributed by atoms with van der Waals surface area (Å²) in [7, 11) is 0. The number of likely N-dealkylation sites (tertiary alicyclic amines) is 1. The van der Waals surface area contributed by atoms with Gasteiger partial charge in [0.25, 0.3) is 0 Å². The van der Waals surface area contributed by atoms with Gasteiger partial charge in [0.2, 0.25) is 5.91 Å². The van der Waals surface area contributed by atoms with Gasteiger partial charge in [-0.05, 0) is 25.3 Å². The average Bonchev–Trinajstić information content (AvgIpc) is 2.24. The van der Waals surface area contributed by atoms with E-state index in [1.165, 1.54) is 0 Å². The molecule has 0 aromatic heterocycles. The molecule has 1 rings (SSSR count). The van der Waals surface area contributed by atoms with E-state index in [0.29, 0.717) is 32.0 Å². The number of aliphatic carboxylic acids is 1. The van der Waals surface area contributed by atoms with Crippen LogP contribution in [0.4, 0.5) is 0 Å². The lowest BCUT2D eigenvalue weighted by Crippen LogP contribution is -2.53. The number of rotatable bonds is 7. The minimum absolute atomic E-state index is 0.118. The molecule has 5 nitrogen and oxygen atoms in total. The summed E-state index contributed by atoms with van der Waals surface area (Å²) in [4.78, 5) is 24.4. The fraction of sp³-hybridized carbons (Fsp3) is 0.846. The molecular weight excluding hydrogens is 232 g/mol. The number of carbonyl (C=O) groups excluding carboxylic acids is 1. The van der Waals surface area contributed by atoms with Crippen LogP contribution >= 0.6 is 0 Å². The van der Waals surface area contributed by atoms with E-state index < -0.39 is 5.97 Å². The molecule has 2 unspecified atom stereocenters. The molecule has 0 aliphatic carbocycles. The van der Waals surface area contributed by atoms with Crippen molar-refractivity contribution in [2.24, 2.45) is 23.5 Å². The van der Waals surface area contributed by atoms with Crippen LogP contribution in [0.5, 0.6) is 0 Å². The predicted molar refractivity (Wildman–Crippen MR) is 68.9 cm³/mol. The molecule has 2 atom stereocenters. The van der Waals surface area contributed by atoms with Crippen molar-refractivity contribution in [1.29, 1.82) is 0 Å². The van der Waals surface area contributed by atoms with Gasteiger partial charge in [-0.25, -0.2) is 0 Å². The van der Waals surface area contributed by atoms with Crippen LogP contribution in [0.2, 0.25) is 0 Å². The topological polar surface area (TPSA) is 83.6 Å². The molecule has 0 saturated carbocycles. The van der Waals surface area contributed by atoms with E-state index in [9.17, 15) is 9.59 Å². The fourth-order valence-corrected chi connectivity index (χ4v) is 2.19. The van der Waals surface area contributed by atoms with Gasteiger partial charge in [-0.2, -0.15) is 0 Å². The van der Waals surface area contributed by atoms with E-state index in [2.05, 4.69) is 6.92 Å². The number of nitrogens with zero attached hydrogens (tertiary/aromatic N) is 1. The highest BCUT2D eigenvalue weighted by atomic mass is 16.4. The van der Waals surface area contributed by atoms with Crippen LogP contribution in [0, 0.1) is 17.8 Å². The number of carbonyl (C=O) groups is 2. The summed E-state index contributed by atoms with van der Waals surface area (Å²) in [5.74, 6) is -0.386. The Hall–Kier alpha value is -1.10. The van der Waals surface area contributed by atoms with E-state index in [1.807, 2.05) is 0 Å². The Kier molecular flexibility index (Phi) is 5.59. The summed E-state index contributed by atoms with van der Waals surface area (Å²) in [6, 6.07) is 0. The van der Waals surface area contributed by atoms with Gasteiger partial charge in [0.05, 0.1) is 5.92 Å². The lowest BCUT2D eigenvalue weighted by Gasteiger charge is -2.41. The van der Waals surface area contributed by atoms with Gasteiger partial charge in [-0.1, -0.05) is 13.8 Å². The monoisotopic (exact) mass is 256 g/mol. The van der Waals surface area contributed by atoms with Gasteiger partial charge in [-0.3, -0.25) is 9.59 Å². The number of amides is 1. The number of nitrogens with two attached hydrogens (primary N) is 1. The van der Waals surface area contributed by atoms with E-state index in [-0.39, 0.29) is 17.7 Å². The molecule has 0 spiro atoms. The quantitative estimate of drug-likeness (QED) is 0.709. The third kappa shape index (κ3) is 3.98. The van der Waals surface area contributed by atoms with Crippen molar-refractivity contribution in [2.45, 2.75) is 33.1 Å². The third-order valence-corrected chi connectivity index (χ3v) is 3.87. The van der Waals surface area contributed by atoms with Crippen LogP contribution in [0.3, 0.4) is 0 Å². The first-order valence-electron chi connectivity index (χ1n) is 6.66. The van der Waals surface area contributed by atoms with Crippen molar-refractivity contribution in [3.05, 3.63) is 0 Å². The normalized spacial score (nSPS) is 19.2. The minimum Gasteiger partial charge on any atom is -0.481 e. The fourth-order valence-electron chi connectivity index (χ4n) is 2.19. The van der Waals surface area contributed by atoms with Crippen LogP contribution in [-0.2, 0) is 9.59 Å². The third-order valence-electron chi connectivity index (χ3n) is 3.87. The maximum Gasteiger partial charge on any atom is 0.306 e. The maximum atomic E-state index is 11.8. The Morgan fingerprint density at radius 2 is 1.94 bits per heavy atom. The first-order valence-corrected chi connectivity index (χ1v) is 6.66. The largest absolute Gasteiger partial charge is 0.481 e. The minimum atomic E-state index is -0.774. The van der Waals surface area contributed by atoms with Crippen molar-refractivity contribution in [3.8, 4) is 0 Å². The van der Waals surface area contributed by atoms with Crippen LogP contribution in [-0.4, -0.2) is 41.5 Å².